The molecule has 0 fully saturated rings. The van der Waals surface area contributed by atoms with Crippen LogP contribution in [0, 0.1) is 18.3 Å². The van der Waals surface area contributed by atoms with Crippen molar-refractivity contribution in [1.29, 1.82) is 5.26 Å². The molecule has 2 nitrogen and oxygen atoms in total. The second-order valence-corrected chi connectivity index (χ2v) is 4.83. The minimum absolute atomic E-state index is 0.673. The Labute approximate surface area is 118 Å². The van der Waals surface area contributed by atoms with Gasteiger partial charge in [-0.2, -0.15) is 5.26 Å². The van der Waals surface area contributed by atoms with Crippen LogP contribution >= 0.6 is 0 Å². The number of fused-ring (bicyclic) bond motifs is 1. The Morgan fingerprint density at radius 2 is 1.85 bits per heavy atom. The second kappa shape index (κ2) is 5.07. The highest BCUT2D eigenvalue weighted by Gasteiger charge is 2.07. The highest BCUT2D eigenvalue weighted by molar-refractivity contribution is 6.01. The Balaban J connectivity index is 2.10. The van der Waals surface area contributed by atoms with Crippen LogP contribution in [-0.4, -0.2) is 4.98 Å². The number of nitrogens with one attached hydrogen (secondary N) is 1. The smallest absolute Gasteiger partial charge is 0.0998 e. The number of allylic oxidation sites excluding steroid dienone is 1. The number of hydrogen-bond acceptors (Lipinski definition) is 1. The molecule has 20 heavy (non-hydrogen) atoms. The van der Waals surface area contributed by atoms with Gasteiger partial charge in [-0.25, -0.2) is 0 Å². The zero-order chi connectivity index (χ0) is 13.9. The predicted octanol–water partition coefficient (Wildman–Crippen LogP) is 4.54. The van der Waals surface area contributed by atoms with E-state index in [2.05, 4.69) is 30.1 Å². The molecule has 0 saturated heterocycles. The summed E-state index contributed by atoms with van der Waals surface area (Å²) < 4.78 is 0. The van der Waals surface area contributed by atoms with E-state index in [0.717, 1.165) is 22.0 Å². The number of rotatable bonds is 2. The number of H-pyrrole nitrogens is 1. The molecule has 0 bridgehead atoms. The lowest BCUT2D eigenvalue weighted by atomic mass is 10.0. The summed E-state index contributed by atoms with van der Waals surface area (Å²) in [5, 5.41) is 10.5. The number of benzene rings is 2. The van der Waals surface area contributed by atoms with Crippen molar-refractivity contribution in [2.45, 2.75) is 6.92 Å². The third kappa shape index (κ3) is 2.22. The van der Waals surface area contributed by atoms with Crippen LogP contribution in [0.5, 0.6) is 0 Å². The number of nitrogens with zero attached hydrogens (tertiary/aromatic N) is 1. The summed E-state index contributed by atoms with van der Waals surface area (Å²) in [7, 11) is 0. The fourth-order valence-electron chi connectivity index (χ4n) is 2.29. The molecule has 2 heteroatoms. The first-order valence-corrected chi connectivity index (χ1v) is 6.53. The maximum atomic E-state index is 9.44. The number of aromatic nitrogens is 1. The van der Waals surface area contributed by atoms with Crippen molar-refractivity contribution in [3.05, 3.63) is 71.4 Å². The molecule has 0 spiro atoms. The zero-order valence-electron chi connectivity index (χ0n) is 11.2. The van der Waals surface area contributed by atoms with E-state index in [4.69, 9.17) is 0 Å². The molecule has 96 valence electrons. The third-order valence-electron chi connectivity index (χ3n) is 3.39. The van der Waals surface area contributed by atoms with Crippen LogP contribution in [0.2, 0.25) is 0 Å². The van der Waals surface area contributed by atoms with E-state index in [1.807, 2.05) is 48.7 Å². The van der Waals surface area contributed by atoms with E-state index in [-0.39, 0.29) is 0 Å². The number of aryl methyl sites for hydroxylation is 1. The fraction of sp³-hybridized carbons (Fsp3) is 0.0556. The SMILES string of the molecule is Cc1ccc(C=C(C#N)c2c[nH]c3ccccc23)cc1. The van der Waals surface area contributed by atoms with Gasteiger partial charge in [0.15, 0.2) is 0 Å². The van der Waals surface area contributed by atoms with Crippen LogP contribution in [0.3, 0.4) is 0 Å². The monoisotopic (exact) mass is 258 g/mol. The maximum Gasteiger partial charge on any atom is 0.0998 e. The highest BCUT2D eigenvalue weighted by Crippen LogP contribution is 2.26. The lowest BCUT2D eigenvalue weighted by Crippen LogP contribution is -1.81. The lowest BCUT2D eigenvalue weighted by Gasteiger charge is -1.99. The summed E-state index contributed by atoms with van der Waals surface area (Å²) in [5.41, 5.74) is 4.92. The van der Waals surface area contributed by atoms with Gasteiger partial charge in [0.25, 0.3) is 0 Å². The average molecular weight is 258 g/mol. The van der Waals surface area contributed by atoms with Gasteiger partial charge in [-0.3, -0.25) is 0 Å². The Morgan fingerprint density at radius 3 is 2.60 bits per heavy atom. The van der Waals surface area contributed by atoms with Gasteiger partial charge in [0, 0.05) is 22.7 Å². The van der Waals surface area contributed by atoms with Crippen molar-refractivity contribution in [3.8, 4) is 6.07 Å². The largest absolute Gasteiger partial charge is 0.361 e. The van der Waals surface area contributed by atoms with Gasteiger partial charge < -0.3 is 4.98 Å². The Kier molecular flexibility index (Phi) is 3.10. The van der Waals surface area contributed by atoms with E-state index < -0.39 is 0 Å². The molecule has 3 aromatic rings. The minimum atomic E-state index is 0.673. The fourth-order valence-corrected chi connectivity index (χ4v) is 2.29. The number of para-hydroxylation sites is 1. The summed E-state index contributed by atoms with van der Waals surface area (Å²) in [6, 6.07) is 18.5. The van der Waals surface area contributed by atoms with Gasteiger partial charge in [0.1, 0.15) is 0 Å². The molecule has 0 atom stereocenters. The van der Waals surface area contributed by atoms with E-state index in [1.165, 1.54) is 5.56 Å². The highest BCUT2D eigenvalue weighted by atomic mass is 14.7. The van der Waals surface area contributed by atoms with Crippen molar-refractivity contribution >= 4 is 22.6 Å². The molecule has 0 aliphatic heterocycles. The van der Waals surface area contributed by atoms with Gasteiger partial charge in [-0.1, -0.05) is 48.0 Å². The molecule has 0 aliphatic rings. The van der Waals surface area contributed by atoms with Crippen LogP contribution < -0.4 is 0 Å². The molecule has 1 heterocycles. The predicted molar refractivity (Wildman–Crippen MR) is 83.0 cm³/mol. The van der Waals surface area contributed by atoms with Crippen LogP contribution in [0.4, 0.5) is 0 Å². The van der Waals surface area contributed by atoms with Crippen LogP contribution in [0.1, 0.15) is 16.7 Å². The average Bonchev–Trinajstić information content (AvgIpc) is 2.91. The lowest BCUT2D eigenvalue weighted by molar-refractivity contribution is 1.45. The molecular weight excluding hydrogens is 244 g/mol. The Hall–Kier alpha value is -2.79. The standard InChI is InChI=1S/C18H14N2/c1-13-6-8-14(9-7-13)10-15(11-19)17-12-20-18-5-3-2-4-16(17)18/h2-10,12,20H,1H3. The normalized spacial score (nSPS) is 11.5. The minimum Gasteiger partial charge on any atom is -0.361 e. The number of nitriles is 1. The number of aromatic amines is 1. The van der Waals surface area contributed by atoms with Gasteiger partial charge in [0.05, 0.1) is 11.6 Å². The Morgan fingerprint density at radius 1 is 1.10 bits per heavy atom. The van der Waals surface area contributed by atoms with Crippen molar-refractivity contribution in [1.82, 2.24) is 4.98 Å². The van der Waals surface area contributed by atoms with Crippen molar-refractivity contribution in [3.63, 3.8) is 0 Å². The molecule has 0 unspecified atom stereocenters. The van der Waals surface area contributed by atoms with Crippen LogP contribution in [0.25, 0.3) is 22.6 Å². The second-order valence-electron chi connectivity index (χ2n) is 4.83. The van der Waals surface area contributed by atoms with Crippen molar-refractivity contribution < 1.29 is 0 Å². The first kappa shape index (κ1) is 12.3. The Bertz CT molecular complexity index is 814. The maximum absolute atomic E-state index is 9.44. The van der Waals surface area contributed by atoms with Crippen LogP contribution in [-0.2, 0) is 0 Å². The van der Waals surface area contributed by atoms with Gasteiger partial charge in [-0.15, -0.1) is 0 Å². The van der Waals surface area contributed by atoms with Crippen LogP contribution in [0.15, 0.2) is 54.7 Å². The number of hydrogen-bond donors (Lipinski definition) is 1. The summed E-state index contributed by atoms with van der Waals surface area (Å²) in [4.78, 5) is 3.21. The molecule has 0 saturated carbocycles. The van der Waals surface area contributed by atoms with Crippen molar-refractivity contribution in [2.75, 3.05) is 0 Å². The first-order chi connectivity index (χ1) is 9.78. The van der Waals surface area contributed by atoms with E-state index in [0.29, 0.717) is 5.57 Å². The molecule has 0 aliphatic carbocycles. The van der Waals surface area contributed by atoms with E-state index in [9.17, 15) is 5.26 Å². The molecule has 3 rings (SSSR count). The quantitative estimate of drug-likeness (QED) is 0.673. The molecule has 1 N–H and O–H groups in total. The van der Waals surface area contributed by atoms with Gasteiger partial charge >= 0.3 is 0 Å². The molecule has 0 radical (unpaired) electrons. The molecular formula is C18H14N2. The molecule has 1 aromatic heterocycles. The van der Waals surface area contributed by atoms with Gasteiger partial charge in [-0.05, 0) is 24.6 Å². The summed E-state index contributed by atoms with van der Waals surface area (Å²) >= 11 is 0. The topological polar surface area (TPSA) is 39.6 Å². The summed E-state index contributed by atoms with van der Waals surface area (Å²) in [6.07, 6.45) is 3.82. The molecule has 2 aromatic carbocycles. The first-order valence-electron chi connectivity index (χ1n) is 6.53. The third-order valence-corrected chi connectivity index (χ3v) is 3.39. The van der Waals surface area contributed by atoms with Crippen molar-refractivity contribution in [2.24, 2.45) is 0 Å². The van der Waals surface area contributed by atoms with Gasteiger partial charge in [0.2, 0.25) is 0 Å². The zero-order valence-corrected chi connectivity index (χ0v) is 11.2. The summed E-state index contributed by atoms with van der Waals surface area (Å²) in [6.45, 7) is 2.05. The van der Waals surface area contributed by atoms with E-state index in [1.54, 1.807) is 0 Å². The molecule has 0 amide bonds. The summed E-state index contributed by atoms with van der Waals surface area (Å²) in [5.74, 6) is 0. The van der Waals surface area contributed by atoms with E-state index >= 15 is 0 Å².